The number of methoxy groups -OCH3 is 1. The molecule has 2 heteroatoms. The van der Waals surface area contributed by atoms with Crippen molar-refractivity contribution in [2.24, 2.45) is 17.6 Å². The summed E-state index contributed by atoms with van der Waals surface area (Å²) in [5.74, 6) is 1.32. The lowest BCUT2D eigenvalue weighted by atomic mass is 9.94. The minimum absolute atomic E-state index is 0.633. The molecule has 0 amide bonds. The van der Waals surface area contributed by atoms with Crippen LogP contribution in [0.25, 0.3) is 0 Å². The van der Waals surface area contributed by atoms with Crippen LogP contribution in [0.3, 0.4) is 0 Å². The molecule has 0 aromatic carbocycles. The standard InChI is InChI=1S/C8H19NO/c1-7(4-5-9)8(2)6-10-3/h7-8H,4-6,9H2,1-3H3. The average Bonchev–Trinajstić information content (AvgIpc) is 1.89. The van der Waals surface area contributed by atoms with Gasteiger partial charge in [0, 0.05) is 13.7 Å². The van der Waals surface area contributed by atoms with Gasteiger partial charge in [-0.25, -0.2) is 0 Å². The molecule has 0 aromatic heterocycles. The highest BCUT2D eigenvalue weighted by atomic mass is 16.5. The average molecular weight is 145 g/mol. The van der Waals surface area contributed by atoms with E-state index in [4.69, 9.17) is 10.5 Å². The minimum Gasteiger partial charge on any atom is -0.384 e. The monoisotopic (exact) mass is 145 g/mol. The van der Waals surface area contributed by atoms with Crippen LogP contribution in [-0.2, 0) is 4.74 Å². The Bertz CT molecular complexity index is 65.7. The van der Waals surface area contributed by atoms with E-state index in [0.29, 0.717) is 11.8 Å². The molecule has 0 saturated carbocycles. The smallest absolute Gasteiger partial charge is 0.0490 e. The first-order valence-electron chi connectivity index (χ1n) is 3.91. The predicted octanol–water partition coefficient (Wildman–Crippen LogP) is 1.25. The van der Waals surface area contributed by atoms with Crippen molar-refractivity contribution >= 4 is 0 Å². The van der Waals surface area contributed by atoms with Crippen LogP contribution in [-0.4, -0.2) is 20.3 Å². The summed E-state index contributed by atoms with van der Waals surface area (Å²) in [5, 5.41) is 0. The minimum atomic E-state index is 0.633. The first-order chi connectivity index (χ1) is 4.72. The molecule has 0 rings (SSSR count). The van der Waals surface area contributed by atoms with Gasteiger partial charge in [-0.1, -0.05) is 13.8 Å². The highest BCUT2D eigenvalue weighted by Crippen LogP contribution is 2.13. The summed E-state index contributed by atoms with van der Waals surface area (Å²) in [6, 6.07) is 0. The maximum absolute atomic E-state index is 5.42. The van der Waals surface area contributed by atoms with Gasteiger partial charge < -0.3 is 10.5 Å². The summed E-state index contributed by atoms with van der Waals surface area (Å²) in [5.41, 5.74) is 5.42. The lowest BCUT2D eigenvalue weighted by Crippen LogP contribution is -2.17. The molecule has 2 nitrogen and oxygen atoms in total. The van der Waals surface area contributed by atoms with Gasteiger partial charge in [0.2, 0.25) is 0 Å². The van der Waals surface area contributed by atoms with Gasteiger partial charge >= 0.3 is 0 Å². The Morgan fingerprint density at radius 1 is 1.30 bits per heavy atom. The van der Waals surface area contributed by atoms with Gasteiger partial charge in [0.05, 0.1) is 0 Å². The molecule has 2 atom stereocenters. The summed E-state index contributed by atoms with van der Waals surface area (Å²) in [4.78, 5) is 0. The van der Waals surface area contributed by atoms with Crippen molar-refractivity contribution in [2.75, 3.05) is 20.3 Å². The summed E-state index contributed by atoms with van der Waals surface area (Å²) in [6.45, 7) is 6.05. The van der Waals surface area contributed by atoms with E-state index in [1.54, 1.807) is 7.11 Å². The van der Waals surface area contributed by atoms with E-state index >= 15 is 0 Å². The number of hydrogen-bond acceptors (Lipinski definition) is 2. The molecule has 0 aliphatic rings. The van der Waals surface area contributed by atoms with Crippen LogP contribution in [0.15, 0.2) is 0 Å². The Labute approximate surface area is 63.7 Å². The van der Waals surface area contributed by atoms with E-state index in [2.05, 4.69) is 13.8 Å². The van der Waals surface area contributed by atoms with Crippen LogP contribution in [0.5, 0.6) is 0 Å². The molecule has 0 bridgehead atoms. The molecular formula is C8H19NO. The molecule has 0 aromatic rings. The van der Waals surface area contributed by atoms with Crippen molar-refractivity contribution in [3.8, 4) is 0 Å². The summed E-state index contributed by atoms with van der Waals surface area (Å²) in [7, 11) is 1.74. The third-order valence-electron chi connectivity index (χ3n) is 2.02. The molecule has 10 heavy (non-hydrogen) atoms. The fourth-order valence-electron chi connectivity index (χ4n) is 0.975. The van der Waals surface area contributed by atoms with Crippen LogP contribution >= 0.6 is 0 Å². The SMILES string of the molecule is COCC(C)C(C)CCN. The normalized spacial score (nSPS) is 16.8. The first-order valence-corrected chi connectivity index (χ1v) is 3.91. The van der Waals surface area contributed by atoms with Crippen molar-refractivity contribution in [3.05, 3.63) is 0 Å². The molecular weight excluding hydrogens is 126 g/mol. The molecule has 2 unspecified atom stereocenters. The molecule has 0 heterocycles. The Morgan fingerprint density at radius 2 is 1.90 bits per heavy atom. The molecule has 0 radical (unpaired) electrons. The quantitative estimate of drug-likeness (QED) is 0.632. The second kappa shape index (κ2) is 5.69. The van der Waals surface area contributed by atoms with E-state index in [0.717, 1.165) is 19.6 Å². The second-order valence-corrected chi connectivity index (χ2v) is 2.99. The number of hydrogen-bond donors (Lipinski definition) is 1. The van der Waals surface area contributed by atoms with Gasteiger partial charge in [0.25, 0.3) is 0 Å². The fraction of sp³-hybridized carbons (Fsp3) is 1.00. The number of rotatable bonds is 5. The molecule has 0 spiro atoms. The van der Waals surface area contributed by atoms with E-state index in [-0.39, 0.29) is 0 Å². The van der Waals surface area contributed by atoms with Crippen LogP contribution < -0.4 is 5.73 Å². The van der Waals surface area contributed by atoms with Gasteiger partial charge in [-0.3, -0.25) is 0 Å². The van der Waals surface area contributed by atoms with E-state index in [1.807, 2.05) is 0 Å². The van der Waals surface area contributed by atoms with Crippen molar-refractivity contribution in [1.82, 2.24) is 0 Å². The Hall–Kier alpha value is -0.0800. The van der Waals surface area contributed by atoms with Crippen molar-refractivity contribution < 1.29 is 4.74 Å². The highest BCUT2D eigenvalue weighted by Gasteiger charge is 2.09. The molecule has 0 aliphatic heterocycles. The Kier molecular flexibility index (Phi) is 5.64. The molecule has 0 aliphatic carbocycles. The zero-order valence-corrected chi connectivity index (χ0v) is 7.26. The number of nitrogens with two attached hydrogens (primary N) is 1. The maximum atomic E-state index is 5.42. The van der Waals surface area contributed by atoms with Crippen molar-refractivity contribution in [1.29, 1.82) is 0 Å². The predicted molar refractivity (Wildman–Crippen MR) is 43.9 cm³/mol. The third-order valence-corrected chi connectivity index (χ3v) is 2.02. The highest BCUT2D eigenvalue weighted by molar-refractivity contribution is 4.60. The largest absolute Gasteiger partial charge is 0.384 e. The van der Waals surface area contributed by atoms with Crippen LogP contribution in [0.2, 0.25) is 0 Å². The Morgan fingerprint density at radius 3 is 2.30 bits per heavy atom. The topological polar surface area (TPSA) is 35.2 Å². The maximum Gasteiger partial charge on any atom is 0.0490 e. The zero-order chi connectivity index (χ0) is 7.98. The zero-order valence-electron chi connectivity index (χ0n) is 7.26. The van der Waals surface area contributed by atoms with Gasteiger partial charge in [-0.05, 0) is 24.8 Å². The van der Waals surface area contributed by atoms with Crippen LogP contribution in [0.1, 0.15) is 20.3 Å². The summed E-state index contributed by atoms with van der Waals surface area (Å²) in [6.07, 6.45) is 1.10. The molecule has 2 N–H and O–H groups in total. The first kappa shape index (κ1) is 9.92. The van der Waals surface area contributed by atoms with Gasteiger partial charge in [0.1, 0.15) is 0 Å². The van der Waals surface area contributed by atoms with Gasteiger partial charge in [-0.15, -0.1) is 0 Å². The van der Waals surface area contributed by atoms with E-state index < -0.39 is 0 Å². The van der Waals surface area contributed by atoms with Gasteiger partial charge in [-0.2, -0.15) is 0 Å². The Balaban J connectivity index is 3.38. The van der Waals surface area contributed by atoms with Crippen molar-refractivity contribution in [3.63, 3.8) is 0 Å². The molecule has 62 valence electrons. The van der Waals surface area contributed by atoms with Crippen molar-refractivity contribution in [2.45, 2.75) is 20.3 Å². The summed E-state index contributed by atoms with van der Waals surface area (Å²) < 4.78 is 5.03. The van der Waals surface area contributed by atoms with Crippen LogP contribution in [0, 0.1) is 11.8 Å². The van der Waals surface area contributed by atoms with E-state index in [1.165, 1.54) is 0 Å². The lowest BCUT2D eigenvalue weighted by molar-refractivity contribution is 0.132. The molecule has 0 saturated heterocycles. The second-order valence-electron chi connectivity index (χ2n) is 2.99. The van der Waals surface area contributed by atoms with E-state index in [9.17, 15) is 0 Å². The summed E-state index contributed by atoms with van der Waals surface area (Å²) >= 11 is 0. The fourth-order valence-corrected chi connectivity index (χ4v) is 0.975. The van der Waals surface area contributed by atoms with Gasteiger partial charge in [0.15, 0.2) is 0 Å². The third kappa shape index (κ3) is 3.85. The molecule has 0 fully saturated rings. The number of ether oxygens (including phenoxy) is 1. The lowest BCUT2D eigenvalue weighted by Gasteiger charge is -2.17. The van der Waals surface area contributed by atoms with Crippen LogP contribution in [0.4, 0.5) is 0 Å².